The molecule has 2 aliphatic rings. The van der Waals surface area contributed by atoms with E-state index < -0.39 is 0 Å². The molecule has 1 amide bonds. The number of nitrogens with one attached hydrogen (secondary N) is 1. The molecule has 2 unspecified atom stereocenters. The fraction of sp³-hybridized carbons (Fsp3) is 0.619. The highest BCUT2D eigenvalue weighted by Crippen LogP contribution is 2.29. The van der Waals surface area contributed by atoms with Gasteiger partial charge in [0.05, 0.1) is 12.2 Å². The van der Waals surface area contributed by atoms with E-state index in [4.69, 9.17) is 14.2 Å². The van der Waals surface area contributed by atoms with E-state index in [0.29, 0.717) is 22.9 Å². The van der Waals surface area contributed by atoms with Crippen LogP contribution in [-0.4, -0.2) is 63.8 Å². The molecule has 0 aromatic carbocycles. The molecular formula is C21H29N5O4S. The van der Waals surface area contributed by atoms with E-state index in [1.54, 1.807) is 13.2 Å². The van der Waals surface area contributed by atoms with Gasteiger partial charge in [-0.15, -0.1) is 11.3 Å². The van der Waals surface area contributed by atoms with Crippen molar-refractivity contribution in [3.63, 3.8) is 0 Å². The molecule has 1 saturated carbocycles. The van der Waals surface area contributed by atoms with Crippen molar-refractivity contribution in [2.45, 2.75) is 70.4 Å². The lowest BCUT2D eigenvalue weighted by Crippen LogP contribution is -2.27. The van der Waals surface area contributed by atoms with Crippen LogP contribution in [0.2, 0.25) is 0 Å². The van der Waals surface area contributed by atoms with Crippen LogP contribution in [0.4, 0.5) is 5.13 Å². The van der Waals surface area contributed by atoms with Gasteiger partial charge in [-0.1, -0.05) is 0 Å². The predicted octanol–water partition coefficient (Wildman–Crippen LogP) is 2.88. The maximum atomic E-state index is 11.2. The topological polar surface area (TPSA) is 98.7 Å². The summed E-state index contributed by atoms with van der Waals surface area (Å²) < 4.78 is 17.6. The average Bonchev–Trinajstić information content (AvgIpc) is 3.43. The number of aromatic nitrogens is 3. The minimum atomic E-state index is -0.108. The number of likely N-dealkylation sites (tertiary alicyclic amines) is 1. The molecule has 4 atom stereocenters. The number of anilines is 1. The van der Waals surface area contributed by atoms with Gasteiger partial charge in [0.15, 0.2) is 5.13 Å². The lowest BCUT2D eigenvalue weighted by molar-refractivity contribution is -0.114. The summed E-state index contributed by atoms with van der Waals surface area (Å²) in [6.07, 6.45) is 7.52. The molecule has 1 saturated heterocycles. The number of rotatable bonds is 8. The highest BCUT2D eigenvalue weighted by atomic mass is 32.1. The molecule has 0 bridgehead atoms. The summed E-state index contributed by atoms with van der Waals surface area (Å²) in [4.78, 5) is 27.4. The number of carbonyl (C=O) groups is 1. The number of nitrogens with zero attached hydrogens (tertiary/aromatic N) is 4. The van der Waals surface area contributed by atoms with Crippen LogP contribution in [0, 0.1) is 0 Å². The van der Waals surface area contributed by atoms with Gasteiger partial charge >= 0.3 is 0 Å². The normalized spacial score (nSPS) is 26.2. The lowest BCUT2D eigenvalue weighted by atomic mass is 10.2. The van der Waals surface area contributed by atoms with Crippen molar-refractivity contribution in [3.8, 4) is 11.8 Å². The van der Waals surface area contributed by atoms with Crippen molar-refractivity contribution >= 4 is 22.4 Å². The predicted molar refractivity (Wildman–Crippen MR) is 116 cm³/mol. The van der Waals surface area contributed by atoms with E-state index in [9.17, 15) is 4.79 Å². The third-order valence-corrected chi connectivity index (χ3v) is 6.62. The third-order valence-electron chi connectivity index (χ3n) is 5.72. The molecule has 4 rings (SSSR count). The van der Waals surface area contributed by atoms with E-state index in [1.807, 2.05) is 6.20 Å². The second-order valence-corrected chi connectivity index (χ2v) is 9.29. The molecule has 1 aliphatic carbocycles. The van der Waals surface area contributed by atoms with Crippen LogP contribution in [0.5, 0.6) is 11.8 Å². The monoisotopic (exact) mass is 447 g/mol. The standard InChI is InChI=1S/C21H29N5O4S/c1-13-6-17(10-26(13)11-18-9-22-21(31-18)25-14(2)27)30-20-8-19(23-12-24-20)29-16-5-4-15(7-16)28-3/h8-9,12-13,15-17H,4-7,10-11H2,1-3H3,(H,22,25,27)/t13-,15?,16?,17+/m0/s1. The fourth-order valence-electron chi connectivity index (χ4n) is 4.16. The van der Waals surface area contributed by atoms with Gasteiger partial charge in [0, 0.05) is 57.1 Å². The average molecular weight is 448 g/mol. The molecule has 1 aliphatic heterocycles. The largest absolute Gasteiger partial charge is 0.474 e. The molecule has 0 spiro atoms. The maximum absolute atomic E-state index is 11.2. The first-order chi connectivity index (χ1) is 15.0. The lowest BCUT2D eigenvalue weighted by Gasteiger charge is -2.19. The molecular weight excluding hydrogens is 418 g/mol. The minimum absolute atomic E-state index is 0.0461. The number of ether oxygens (including phenoxy) is 3. The van der Waals surface area contributed by atoms with Crippen LogP contribution in [-0.2, 0) is 16.1 Å². The molecule has 2 fully saturated rings. The third kappa shape index (κ3) is 5.90. The van der Waals surface area contributed by atoms with E-state index >= 15 is 0 Å². The number of carbonyl (C=O) groups excluding carboxylic acids is 1. The van der Waals surface area contributed by atoms with Gasteiger partial charge in [0.25, 0.3) is 0 Å². The highest BCUT2D eigenvalue weighted by molar-refractivity contribution is 7.15. The number of hydrogen-bond donors (Lipinski definition) is 1. The van der Waals surface area contributed by atoms with Gasteiger partial charge in [-0.2, -0.15) is 0 Å². The van der Waals surface area contributed by atoms with E-state index in [2.05, 4.69) is 32.1 Å². The van der Waals surface area contributed by atoms with E-state index in [-0.39, 0.29) is 24.2 Å². The number of methoxy groups -OCH3 is 1. The van der Waals surface area contributed by atoms with Crippen LogP contribution in [0.3, 0.4) is 0 Å². The number of amides is 1. The van der Waals surface area contributed by atoms with Gasteiger partial charge in [-0.3, -0.25) is 9.69 Å². The molecule has 168 valence electrons. The quantitative estimate of drug-likeness (QED) is 0.660. The molecule has 31 heavy (non-hydrogen) atoms. The summed E-state index contributed by atoms with van der Waals surface area (Å²) in [5.74, 6) is 0.976. The van der Waals surface area contributed by atoms with Crippen molar-refractivity contribution in [2.24, 2.45) is 0 Å². The zero-order chi connectivity index (χ0) is 21.8. The molecule has 2 aromatic heterocycles. The Morgan fingerprint density at radius 2 is 1.90 bits per heavy atom. The van der Waals surface area contributed by atoms with Crippen LogP contribution in [0.15, 0.2) is 18.6 Å². The first kappa shape index (κ1) is 21.9. The number of hydrogen-bond acceptors (Lipinski definition) is 9. The van der Waals surface area contributed by atoms with Crippen LogP contribution >= 0.6 is 11.3 Å². The van der Waals surface area contributed by atoms with E-state index in [0.717, 1.165) is 43.6 Å². The van der Waals surface area contributed by atoms with Gasteiger partial charge in [-0.05, 0) is 19.8 Å². The Hall–Kier alpha value is -2.30. The summed E-state index contributed by atoms with van der Waals surface area (Å²) in [6.45, 7) is 5.25. The van der Waals surface area contributed by atoms with Crippen LogP contribution in [0.1, 0.15) is 44.4 Å². The van der Waals surface area contributed by atoms with Gasteiger partial charge in [-0.25, -0.2) is 15.0 Å². The maximum Gasteiger partial charge on any atom is 0.223 e. The van der Waals surface area contributed by atoms with Gasteiger partial charge < -0.3 is 19.5 Å². The molecule has 0 radical (unpaired) electrons. The molecule has 9 nitrogen and oxygen atoms in total. The van der Waals surface area contributed by atoms with E-state index in [1.165, 1.54) is 24.6 Å². The summed E-state index contributed by atoms with van der Waals surface area (Å²) in [5.41, 5.74) is 0. The van der Waals surface area contributed by atoms with Crippen LogP contribution in [0.25, 0.3) is 0 Å². The second kappa shape index (κ2) is 9.88. The summed E-state index contributed by atoms with van der Waals surface area (Å²) >= 11 is 1.50. The summed E-state index contributed by atoms with van der Waals surface area (Å²) in [5, 5.41) is 3.37. The second-order valence-electron chi connectivity index (χ2n) is 8.17. The van der Waals surface area contributed by atoms with Gasteiger partial charge in [0.1, 0.15) is 18.5 Å². The first-order valence-electron chi connectivity index (χ1n) is 10.6. The Morgan fingerprint density at radius 3 is 2.61 bits per heavy atom. The van der Waals surface area contributed by atoms with Gasteiger partial charge in [0.2, 0.25) is 17.7 Å². The Labute approximate surface area is 186 Å². The summed E-state index contributed by atoms with van der Waals surface area (Å²) in [7, 11) is 1.74. The van der Waals surface area contributed by atoms with Crippen LogP contribution < -0.4 is 14.8 Å². The van der Waals surface area contributed by atoms with Crippen molar-refractivity contribution in [1.82, 2.24) is 19.9 Å². The smallest absolute Gasteiger partial charge is 0.223 e. The summed E-state index contributed by atoms with van der Waals surface area (Å²) in [6, 6.07) is 2.15. The first-order valence-corrected chi connectivity index (χ1v) is 11.4. The Balaban J connectivity index is 1.30. The zero-order valence-electron chi connectivity index (χ0n) is 18.1. The molecule has 2 aromatic rings. The van der Waals surface area contributed by atoms with Crippen molar-refractivity contribution in [2.75, 3.05) is 19.0 Å². The molecule has 10 heteroatoms. The Morgan fingerprint density at radius 1 is 1.16 bits per heavy atom. The number of thiazole rings is 1. The highest BCUT2D eigenvalue weighted by Gasteiger charge is 2.31. The molecule has 3 heterocycles. The SMILES string of the molecule is COC1CCC(Oc2cc(O[C@@H]3C[C@H](C)N(Cc4cnc(NC(C)=O)s4)C3)ncn2)C1. The van der Waals surface area contributed by atoms with Crippen molar-refractivity contribution in [1.29, 1.82) is 0 Å². The molecule has 1 N–H and O–H groups in total. The minimum Gasteiger partial charge on any atom is -0.474 e. The van der Waals surface area contributed by atoms with Crippen molar-refractivity contribution < 1.29 is 19.0 Å². The van der Waals surface area contributed by atoms with Crippen molar-refractivity contribution in [3.05, 3.63) is 23.5 Å². The Kier molecular flexibility index (Phi) is 6.99. The zero-order valence-corrected chi connectivity index (χ0v) is 18.9. The Bertz CT molecular complexity index is 894. The fourth-order valence-corrected chi connectivity index (χ4v) is 5.04.